The van der Waals surface area contributed by atoms with Crippen LogP contribution in [0.5, 0.6) is 0 Å². The van der Waals surface area contributed by atoms with Gasteiger partial charge in [-0.2, -0.15) is 0 Å². The predicted molar refractivity (Wildman–Crippen MR) is 132 cm³/mol. The summed E-state index contributed by atoms with van der Waals surface area (Å²) in [5, 5.41) is 7.34. The molecule has 1 saturated carbocycles. The quantitative estimate of drug-likeness (QED) is 0.314. The van der Waals surface area contributed by atoms with Crippen molar-refractivity contribution < 1.29 is 4.21 Å². The minimum absolute atomic E-state index is 0. The Morgan fingerprint density at radius 3 is 2.68 bits per heavy atom. The molecule has 1 aliphatic rings. The van der Waals surface area contributed by atoms with Crippen LogP contribution in [0.15, 0.2) is 35.3 Å². The molecule has 1 fully saturated rings. The Bertz CT molecular complexity index is 614. The van der Waals surface area contributed by atoms with Gasteiger partial charge in [0.15, 0.2) is 5.96 Å². The zero-order valence-electron chi connectivity index (χ0n) is 17.7. The molecule has 0 aromatic heterocycles. The zero-order valence-corrected chi connectivity index (χ0v) is 20.8. The lowest BCUT2D eigenvalue weighted by Gasteiger charge is -2.31. The smallest absolute Gasteiger partial charge is 0.191 e. The van der Waals surface area contributed by atoms with E-state index in [0.717, 1.165) is 50.5 Å². The van der Waals surface area contributed by atoms with Gasteiger partial charge in [0.2, 0.25) is 0 Å². The Kier molecular flexibility index (Phi) is 12.3. The highest BCUT2D eigenvalue weighted by Gasteiger charge is 2.26. The van der Waals surface area contributed by atoms with Gasteiger partial charge in [-0.3, -0.25) is 14.1 Å². The Morgan fingerprint density at radius 2 is 2.04 bits per heavy atom. The van der Waals surface area contributed by atoms with Gasteiger partial charge in [0.25, 0.3) is 0 Å². The van der Waals surface area contributed by atoms with E-state index in [2.05, 4.69) is 64.8 Å². The van der Waals surface area contributed by atoms with Crippen LogP contribution >= 0.6 is 24.0 Å². The lowest BCUT2D eigenvalue weighted by atomic mass is 9.95. The first-order chi connectivity index (χ1) is 13.0. The Hall–Kier alpha value is -0.670. The third-order valence-electron chi connectivity index (χ3n) is 5.44. The van der Waals surface area contributed by atoms with Crippen molar-refractivity contribution in [3.05, 3.63) is 35.9 Å². The molecule has 5 nitrogen and oxygen atoms in total. The predicted octanol–water partition coefficient (Wildman–Crippen LogP) is 3.37. The monoisotopic (exact) mass is 520 g/mol. The van der Waals surface area contributed by atoms with E-state index in [9.17, 15) is 4.21 Å². The second kappa shape index (κ2) is 13.5. The summed E-state index contributed by atoms with van der Waals surface area (Å²) >= 11 is 0. The first-order valence-corrected chi connectivity index (χ1v) is 11.5. The second-order valence-electron chi connectivity index (χ2n) is 7.50. The van der Waals surface area contributed by atoms with Crippen molar-refractivity contribution in [2.75, 3.05) is 26.4 Å². The van der Waals surface area contributed by atoms with E-state index in [0.29, 0.717) is 17.3 Å². The summed E-state index contributed by atoms with van der Waals surface area (Å²) in [5.41, 5.74) is 1.33. The summed E-state index contributed by atoms with van der Waals surface area (Å²) in [6.45, 7) is 6.01. The topological polar surface area (TPSA) is 56.7 Å². The Morgan fingerprint density at radius 1 is 1.32 bits per heavy atom. The number of guanidine groups is 1. The van der Waals surface area contributed by atoms with Gasteiger partial charge in [-0.15, -0.1) is 24.0 Å². The third kappa shape index (κ3) is 8.37. The van der Waals surface area contributed by atoms with Crippen LogP contribution in [-0.2, 0) is 17.3 Å². The maximum Gasteiger partial charge on any atom is 0.191 e. The number of halogens is 1. The van der Waals surface area contributed by atoms with Crippen LogP contribution in [0.2, 0.25) is 0 Å². The van der Waals surface area contributed by atoms with Gasteiger partial charge < -0.3 is 10.6 Å². The summed E-state index contributed by atoms with van der Waals surface area (Å²) in [5.74, 6) is 1.61. The molecule has 4 atom stereocenters. The van der Waals surface area contributed by atoms with Crippen molar-refractivity contribution in [2.24, 2.45) is 4.99 Å². The highest BCUT2D eigenvalue weighted by molar-refractivity contribution is 14.0. The number of nitrogens with one attached hydrogen (secondary N) is 2. The Labute approximate surface area is 190 Å². The summed E-state index contributed by atoms with van der Waals surface area (Å²) in [6, 6.07) is 11.3. The van der Waals surface area contributed by atoms with Gasteiger partial charge in [-0.25, -0.2) is 0 Å². The van der Waals surface area contributed by atoms with Crippen LogP contribution in [0.3, 0.4) is 0 Å². The fourth-order valence-corrected chi connectivity index (χ4v) is 4.91. The van der Waals surface area contributed by atoms with E-state index in [1.165, 1.54) is 5.56 Å². The molecular weight excluding hydrogens is 483 g/mol. The van der Waals surface area contributed by atoms with Gasteiger partial charge in [0.05, 0.1) is 0 Å². The molecule has 1 aliphatic carbocycles. The normalized spacial score (nSPS) is 22.2. The summed E-state index contributed by atoms with van der Waals surface area (Å²) in [4.78, 5) is 6.73. The number of likely N-dealkylation sites (N-methyl/N-ethyl adjacent to an activating group) is 1. The van der Waals surface area contributed by atoms with Crippen LogP contribution in [0.25, 0.3) is 0 Å². The molecule has 7 heteroatoms. The third-order valence-corrected chi connectivity index (χ3v) is 7.18. The first kappa shape index (κ1) is 25.4. The maximum atomic E-state index is 12.1. The van der Waals surface area contributed by atoms with Gasteiger partial charge >= 0.3 is 0 Å². The van der Waals surface area contributed by atoms with Crippen molar-refractivity contribution in [3.63, 3.8) is 0 Å². The van der Waals surface area contributed by atoms with Crippen LogP contribution in [0.4, 0.5) is 0 Å². The number of rotatable bonds is 8. The van der Waals surface area contributed by atoms with E-state index in [-0.39, 0.29) is 24.0 Å². The number of benzene rings is 1. The minimum Gasteiger partial charge on any atom is -0.355 e. The lowest BCUT2D eigenvalue weighted by molar-refractivity contribution is 0.249. The molecule has 0 radical (unpaired) electrons. The second-order valence-corrected chi connectivity index (χ2v) is 9.51. The van der Waals surface area contributed by atoms with Gasteiger partial charge in [0, 0.05) is 54.0 Å². The molecule has 0 saturated heterocycles. The fourth-order valence-electron chi connectivity index (χ4n) is 3.57. The highest BCUT2D eigenvalue weighted by atomic mass is 127. The van der Waals surface area contributed by atoms with E-state index in [1.54, 1.807) is 0 Å². The van der Waals surface area contributed by atoms with Crippen LogP contribution < -0.4 is 10.6 Å². The zero-order chi connectivity index (χ0) is 19.6. The standard InChI is InChI=1S/C21H36N4OS.HI/c1-5-27(26)20-13-9-12-19(14-20)24-21(22-3)23-15-17(2)25(4)16-18-10-7-6-8-11-18;/h6-8,10-11,17,19-20H,5,9,12-16H2,1-4H3,(H2,22,23,24);1H. The summed E-state index contributed by atoms with van der Waals surface area (Å²) < 4.78 is 12.1. The highest BCUT2D eigenvalue weighted by Crippen LogP contribution is 2.22. The molecule has 0 heterocycles. The molecule has 4 unspecified atom stereocenters. The molecule has 2 N–H and O–H groups in total. The van der Waals surface area contributed by atoms with Crippen LogP contribution in [0, 0.1) is 0 Å². The molecule has 1 aromatic carbocycles. The number of nitrogens with zero attached hydrogens (tertiary/aromatic N) is 2. The van der Waals surface area contributed by atoms with Crippen molar-refractivity contribution >= 4 is 40.7 Å². The average Bonchev–Trinajstić information content (AvgIpc) is 2.71. The van der Waals surface area contributed by atoms with E-state index < -0.39 is 10.8 Å². The number of aliphatic imine (C=N–C) groups is 1. The Balaban J connectivity index is 0.00000392. The van der Waals surface area contributed by atoms with Gasteiger partial charge in [0.1, 0.15) is 0 Å². The minimum atomic E-state index is -0.695. The lowest BCUT2D eigenvalue weighted by Crippen LogP contribution is -2.49. The average molecular weight is 521 g/mol. The fraction of sp³-hybridized carbons (Fsp3) is 0.667. The molecule has 1 aromatic rings. The molecule has 0 spiro atoms. The molecule has 28 heavy (non-hydrogen) atoms. The molecule has 2 rings (SSSR count). The van der Waals surface area contributed by atoms with E-state index >= 15 is 0 Å². The molecule has 0 bridgehead atoms. The van der Waals surface area contributed by atoms with Crippen molar-refractivity contribution in [1.29, 1.82) is 0 Å². The maximum absolute atomic E-state index is 12.1. The van der Waals surface area contributed by atoms with Gasteiger partial charge in [-0.05, 0) is 38.8 Å². The number of hydrogen-bond acceptors (Lipinski definition) is 3. The van der Waals surface area contributed by atoms with E-state index in [4.69, 9.17) is 0 Å². The molecule has 0 aliphatic heterocycles. The van der Waals surface area contributed by atoms with Gasteiger partial charge in [-0.1, -0.05) is 43.7 Å². The summed E-state index contributed by atoms with van der Waals surface area (Å²) in [6.07, 6.45) is 4.33. The van der Waals surface area contributed by atoms with Crippen molar-refractivity contribution in [1.82, 2.24) is 15.5 Å². The van der Waals surface area contributed by atoms with Crippen molar-refractivity contribution in [2.45, 2.75) is 63.4 Å². The molecular formula is C21H37IN4OS. The number of hydrogen-bond donors (Lipinski definition) is 2. The largest absolute Gasteiger partial charge is 0.355 e. The molecule has 160 valence electrons. The van der Waals surface area contributed by atoms with Crippen molar-refractivity contribution in [3.8, 4) is 0 Å². The first-order valence-electron chi connectivity index (χ1n) is 10.1. The van der Waals surface area contributed by atoms with E-state index in [1.807, 2.05) is 14.0 Å². The SMILES string of the molecule is CCS(=O)C1CCCC(NC(=NC)NCC(C)N(C)Cc2ccccc2)C1.I. The summed E-state index contributed by atoms with van der Waals surface area (Å²) in [7, 11) is 3.28. The van der Waals surface area contributed by atoms with Crippen LogP contribution in [-0.4, -0.2) is 58.8 Å². The van der Waals surface area contributed by atoms with Crippen LogP contribution in [0.1, 0.15) is 45.1 Å². The molecule has 0 amide bonds.